The van der Waals surface area contributed by atoms with E-state index in [4.69, 9.17) is 5.26 Å². The molecule has 80 valence electrons. The molecule has 1 heterocycles. The Morgan fingerprint density at radius 1 is 1.73 bits per heavy atom. The van der Waals surface area contributed by atoms with Gasteiger partial charge in [0, 0.05) is 10.9 Å². The van der Waals surface area contributed by atoms with Crippen molar-refractivity contribution in [3.63, 3.8) is 0 Å². The molecule has 5 heteroatoms. The predicted molar refractivity (Wildman–Crippen MR) is 59.4 cm³/mol. The van der Waals surface area contributed by atoms with E-state index in [2.05, 4.69) is 10.6 Å². The van der Waals surface area contributed by atoms with Crippen molar-refractivity contribution in [3.05, 3.63) is 22.4 Å². The van der Waals surface area contributed by atoms with Crippen molar-refractivity contribution >= 4 is 17.2 Å². The molecule has 2 N–H and O–H groups in total. The van der Waals surface area contributed by atoms with Crippen LogP contribution in [0, 0.1) is 11.3 Å². The maximum atomic E-state index is 11.2. The van der Waals surface area contributed by atoms with Crippen LogP contribution >= 0.6 is 11.3 Å². The highest BCUT2D eigenvalue weighted by Gasteiger charge is 2.07. The zero-order valence-corrected chi connectivity index (χ0v) is 9.30. The van der Waals surface area contributed by atoms with Crippen LogP contribution in [-0.4, -0.2) is 19.0 Å². The van der Waals surface area contributed by atoms with Crippen molar-refractivity contribution in [2.24, 2.45) is 0 Å². The summed E-state index contributed by atoms with van der Waals surface area (Å²) in [4.78, 5) is 12.4. The smallest absolute Gasteiger partial charge is 0.234 e. The van der Waals surface area contributed by atoms with Gasteiger partial charge in [0.05, 0.1) is 12.6 Å². The second kappa shape index (κ2) is 6.17. The van der Waals surface area contributed by atoms with Crippen LogP contribution in [0.25, 0.3) is 0 Å². The van der Waals surface area contributed by atoms with E-state index in [-0.39, 0.29) is 25.0 Å². The second-order valence-corrected chi connectivity index (χ2v) is 4.03. The van der Waals surface area contributed by atoms with Crippen molar-refractivity contribution in [2.45, 2.75) is 13.0 Å². The molecular weight excluding hydrogens is 210 g/mol. The topological polar surface area (TPSA) is 64.9 Å². The summed E-state index contributed by atoms with van der Waals surface area (Å²) in [6, 6.07) is 6.02. The largest absolute Gasteiger partial charge is 0.342 e. The highest BCUT2D eigenvalue weighted by Crippen LogP contribution is 2.17. The Bertz CT molecular complexity index is 342. The highest BCUT2D eigenvalue weighted by atomic mass is 32.1. The Morgan fingerprint density at radius 3 is 3.13 bits per heavy atom. The first-order valence-electron chi connectivity index (χ1n) is 4.64. The van der Waals surface area contributed by atoms with Crippen molar-refractivity contribution in [2.75, 3.05) is 13.1 Å². The third-order valence-corrected chi connectivity index (χ3v) is 2.96. The monoisotopic (exact) mass is 223 g/mol. The van der Waals surface area contributed by atoms with E-state index in [1.165, 1.54) is 4.88 Å². The Balaban J connectivity index is 2.26. The zero-order valence-electron chi connectivity index (χ0n) is 8.49. The number of carbonyl (C=O) groups excluding carboxylic acids is 1. The van der Waals surface area contributed by atoms with Gasteiger partial charge in [-0.2, -0.15) is 5.26 Å². The molecule has 15 heavy (non-hydrogen) atoms. The van der Waals surface area contributed by atoms with E-state index in [9.17, 15) is 4.79 Å². The number of carbonyl (C=O) groups is 1. The van der Waals surface area contributed by atoms with Gasteiger partial charge in [0.2, 0.25) is 5.91 Å². The summed E-state index contributed by atoms with van der Waals surface area (Å²) < 4.78 is 0. The van der Waals surface area contributed by atoms with Crippen LogP contribution < -0.4 is 10.6 Å². The maximum absolute atomic E-state index is 11.2. The van der Waals surface area contributed by atoms with Gasteiger partial charge in [-0.1, -0.05) is 6.07 Å². The van der Waals surface area contributed by atoms with Crippen molar-refractivity contribution in [3.8, 4) is 6.07 Å². The molecule has 1 aromatic heterocycles. The minimum atomic E-state index is -0.153. The third-order valence-electron chi connectivity index (χ3n) is 1.90. The molecule has 0 aliphatic heterocycles. The lowest BCUT2D eigenvalue weighted by atomic mass is 10.3. The summed E-state index contributed by atoms with van der Waals surface area (Å²) in [7, 11) is 0. The zero-order chi connectivity index (χ0) is 11.1. The third kappa shape index (κ3) is 4.11. The molecule has 0 unspecified atom stereocenters. The number of thiophene rings is 1. The van der Waals surface area contributed by atoms with Crippen LogP contribution in [0.3, 0.4) is 0 Å². The van der Waals surface area contributed by atoms with Gasteiger partial charge >= 0.3 is 0 Å². The number of nitrogens with one attached hydrogen (secondary N) is 2. The van der Waals surface area contributed by atoms with Crippen LogP contribution in [0.1, 0.15) is 17.8 Å². The van der Waals surface area contributed by atoms with Crippen LogP contribution in [0.2, 0.25) is 0 Å². The summed E-state index contributed by atoms with van der Waals surface area (Å²) in [6.45, 7) is 2.30. The number of amides is 1. The number of nitriles is 1. The number of hydrogen-bond acceptors (Lipinski definition) is 4. The first-order chi connectivity index (χ1) is 7.24. The van der Waals surface area contributed by atoms with Gasteiger partial charge in [0.25, 0.3) is 0 Å². The molecule has 1 atom stereocenters. The van der Waals surface area contributed by atoms with Gasteiger partial charge in [-0.05, 0) is 18.4 Å². The average molecular weight is 223 g/mol. The summed E-state index contributed by atoms with van der Waals surface area (Å²) in [6.07, 6.45) is 0. The fraction of sp³-hybridized carbons (Fsp3) is 0.400. The molecule has 0 aliphatic carbocycles. The molecule has 0 saturated heterocycles. The minimum Gasteiger partial charge on any atom is -0.342 e. The van der Waals surface area contributed by atoms with Crippen molar-refractivity contribution in [1.29, 1.82) is 5.26 Å². The Morgan fingerprint density at radius 2 is 2.53 bits per heavy atom. The van der Waals surface area contributed by atoms with E-state index in [0.717, 1.165) is 0 Å². The molecule has 0 saturated carbocycles. The normalized spacial score (nSPS) is 11.7. The summed E-state index contributed by atoms with van der Waals surface area (Å²) in [5.41, 5.74) is 0. The van der Waals surface area contributed by atoms with Crippen LogP contribution in [-0.2, 0) is 4.79 Å². The van der Waals surface area contributed by atoms with Gasteiger partial charge in [-0.3, -0.25) is 4.79 Å². The SMILES string of the molecule is C[C@@H](NCC(=O)NCC#N)c1cccs1. The predicted octanol–water partition coefficient (Wildman–Crippen LogP) is 1.04. The molecule has 4 nitrogen and oxygen atoms in total. The standard InChI is InChI=1S/C10H13N3OS/c1-8(9-3-2-6-15-9)13-7-10(14)12-5-4-11/h2-3,6,8,13H,5,7H2,1H3,(H,12,14)/t8-/m1/s1. The maximum Gasteiger partial charge on any atom is 0.234 e. The van der Waals surface area contributed by atoms with Crippen LogP contribution in [0.4, 0.5) is 0 Å². The van der Waals surface area contributed by atoms with Gasteiger partial charge in [0.1, 0.15) is 6.54 Å². The molecule has 0 spiro atoms. The number of rotatable bonds is 5. The molecular formula is C10H13N3OS. The first kappa shape index (κ1) is 11.7. The Hall–Kier alpha value is -1.38. The van der Waals surface area contributed by atoms with E-state index >= 15 is 0 Å². The fourth-order valence-electron chi connectivity index (χ4n) is 1.08. The van der Waals surface area contributed by atoms with E-state index in [0.29, 0.717) is 0 Å². The molecule has 0 aliphatic rings. The quantitative estimate of drug-likeness (QED) is 0.733. The highest BCUT2D eigenvalue weighted by molar-refractivity contribution is 7.10. The lowest BCUT2D eigenvalue weighted by molar-refractivity contribution is -0.120. The Labute approximate surface area is 92.9 Å². The van der Waals surface area contributed by atoms with Gasteiger partial charge in [-0.25, -0.2) is 0 Å². The first-order valence-corrected chi connectivity index (χ1v) is 5.52. The van der Waals surface area contributed by atoms with E-state index < -0.39 is 0 Å². The van der Waals surface area contributed by atoms with Gasteiger partial charge < -0.3 is 10.6 Å². The Kier molecular flexibility index (Phi) is 4.81. The minimum absolute atomic E-state index is 0.0634. The molecule has 0 radical (unpaired) electrons. The molecule has 1 amide bonds. The molecule has 0 fully saturated rings. The van der Waals surface area contributed by atoms with Crippen LogP contribution in [0.15, 0.2) is 17.5 Å². The van der Waals surface area contributed by atoms with Crippen molar-refractivity contribution in [1.82, 2.24) is 10.6 Å². The summed E-state index contributed by atoms with van der Waals surface area (Å²) in [5.74, 6) is -0.153. The van der Waals surface area contributed by atoms with E-state index in [1.807, 2.05) is 30.5 Å². The molecule has 0 bridgehead atoms. The molecule has 0 aromatic carbocycles. The van der Waals surface area contributed by atoms with Crippen molar-refractivity contribution < 1.29 is 4.79 Å². The van der Waals surface area contributed by atoms with E-state index in [1.54, 1.807) is 11.3 Å². The number of hydrogen-bond donors (Lipinski definition) is 2. The lowest BCUT2D eigenvalue weighted by Crippen LogP contribution is -2.34. The molecule has 1 aromatic rings. The van der Waals surface area contributed by atoms with Gasteiger partial charge in [-0.15, -0.1) is 11.3 Å². The average Bonchev–Trinajstić information content (AvgIpc) is 2.76. The number of nitrogens with zero attached hydrogens (tertiary/aromatic N) is 1. The summed E-state index contributed by atoms with van der Waals surface area (Å²) >= 11 is 1.65. The lowest BCUT2D eigenvalue weighted by Gasteiger charge is -2.10. The van der Waals surface area contributed by atoms with Gasteiger partial charge in [0.15, 0.2) is 0 Å². The second-order valence-electron chi connectivity index (χ2n) is 3.05. The summed E-state index contributed by atoms with van der Waals surface area (Å²) in [5, 5.41) is 15.8. The molecule has 1 rings (SSSR count). The van der Waals surface area contributed by atoms with Crippen LogP contribution in [0.5, 0.6) is 0 Å². The fourth-order valence-corrected chi connectivity index (χ4v) is 1.84.